The normalized spacial score (nSPS) is 16.7. The quantitative estimate of drug-likeness (QED) is 0.657. The number of halogens is 1. The van der Waals surface area contributed by atoms with Gasteiger partial charge in [-0.3, -0.25) is 0 Å². The van der Waals surface area contributed by atoms with E-state index in [1.165, 1.54) is 9.90 Å². The molecule has 1 aromatic rings. The maximum atomic E-state index is 5.87. The summed E-state index contributed by atoms with van der Waals surface area (Å²) >= 11 is 9.14. The van der Waals surface area contributed by atoms with Crippen molar-refractivity contribution in [3.8, 4) is 0 Å². The van der Waals surface area contributed by atoms with Crippen LogP contribution >= 0.6 is 34.9 Å². The molecule has 0 radical (unpaired) electrons. The van der Waals surface area contributed by atoms with E-state index >= 15 is 0 Å². The summed E-state index contributed by atoms with van der Waals surface area (Å²) in [7, 11) is 2.05. The Balaban J connectivity index is 2.43. The van der Waals surface area contributed by atoms with Gasteiger partial charge in [-0.2, -0.15) is 0 Å². The lowest BCUT2D eigenvalue weighted by atomic mass is 10.5. The summed E-state index contributed by atoms with van der Waals surface area (Å²) in [4.78, 5) is 2.15. The molecule has 5 heteroatoms. The third-order valence-corrected chi connectivity index (χ3v) is 3.74. The highest BCUT2D eigenvalue weighted by molar-refractivity contribution is 7.99. The molecule has 0 unspecified atom stereocenters. The first-order valence-corrected chi connectivity index (χ1v) is 5.18. The second kappa shape index (κ2) is 2.86. The minimum atomic E-state index is 0.859. The Morgan fingerprint density at radius 3 is 3.27 bits per heavy atom. The molecule has 0 atom stereocenters. The first kappa shape index (κ1) is 7.73. The van der Waals surface area contributed by atoms with Gasteiger partial charge in [0.15, 0.2) is 0 Å². The number of nitrogens with one attached hydrogen (secondary N) is 1. The third-order valence-electron chi connectivity index (χ3n) is 1.53. The van der Waals surface area contributed by atoms with E-state index in [1.807, 2.05) is 6.07 Å². The van der Waals surface area contributed by atoms with Crippen molar-refractivity contribution >= 4 is 40.6 Å². The van der Waals surface area contributed by atoms with Crippen molar-refractivity contribution in [1.29, 1.82) is 0 Å². The standard InChI is InChI=1S/C6H7ClN2S2/c1-9-3-8-11-6-4(9)2-5(7)10-6/h2,8H,3H2,1H3. The number of rotatable bonds is 0. The van der Waals surface area contributed by atoms with Gasteiger partial charge in [-0.1, -0.05) is 11.6 Å². The summed E-state index contributed by atoms with van der Waals surface area (Å²) in [5.74, 6) is 0. The van der Waals surface area contributed by atoms with Crippen LogP contribution in [0.1, 0.15) is 0 Å². The second-order valence-electron chi connectivity index (χ2n) is 2.33. The highest BCUT2D eigenvalue weighted by atomic mass is 35.5. The average Bonchev–Trinajstić information content (AvgIpc) is 2.31. The number of hydrogen-bond donors (Lipinski definition) is 1. The van der Waals surface area contributed by atoms with Crippen LogP contribution in [0.5, 0.6) is 0 Å². The summed E-state index contributed by atoms with van der Waals surface area (Å²) < 4.78 is 5.31. The Morgan fingerprint density at radius 1 is 1.73 bits per heavy atom. The van der Waals surface area contributed by atoms with Crippen LogP contribution < -0.4 is 9.62 Å². The van der Waals surface area contributed by atoms with Crippen molar-refractivity contribution in [2.75, 3.05) is 18.6 Å². The van der Waals surface area contributed by atoms with Crippen molar-refractivity contribution in [2.24, 2.45) is 0 Å². The zero-order chi connectivity index (χ0) is 7.84. The van der Waals surface area contributed by atoms with Crippen LogP contribution in [0, 0.1) is 0 Å². The molecule has 2 heterocycles. The largest absolute Gasteiger partial charge is 0.359 e. The van der Waals surface area contributed by atoms with Gasteiger partial charge in [0, 0.05) is 7.05 Å². The highest BCUT2D eigenvalue weighted by Crippen LogP contribution is 2.40. The lowest BCUT2D eigenvalue weighted by Crippen LogP contribution is -2.30. The molecule has 1 N–H and O–H groups in total. The zero-order valence-corrected chi connectivity index (χ0v) is 8.32. The maximum absolute atomic E-state index is 5.87. The Labute approximate surface area is 78.7 Å². The minimum absolute atomic E-state index is 0.859. The molecule has 11 heavy (non-hydrogen) atoms. The summed E-state index contributed by atoms with van der Waals surface area (Å²) in [5, 5.41) is 0. The first-order chi connectivity index (χ1) is 5.27. The molecule has 1 aromatic heterocycles. The van der Waals surface area contributed by atoms with Crippen LogP contribution in [-0.2, 0) is 0 Å². The number of thiophene rings is 1. The lowest BCUT2D eigenvalue weighted by Gasteiger charge is -2.23. The average molecular weight is 207 g/mol. The van der Waals surface area contributed by atoms with Gasteiger partial charge >= 0.3 is 0 Å². The van der Waals surface area contributed by atoms with Gasteiger partial charge in [-0.25, -0.2) is 4.72 Å². The minimum Gasteiger partial charge on any atom is -0.359 e. The topological polar surface area (TPSA) is 15.3 Å². The highest BCUT2D eigenvalue weighted by Gasteiger charge is 2.16. The summed E-state index contributed by atoms with van der Waals surface area (Å²) in [6, 6.07) is 2.01. The molecule has 1 aliphatic heterocycles. The van der Waals surface area contributed by atoms with Crippen LogP contribution in [-0.4, -0.2) is 13.7 Å². The zero-order valence-electron chi connectivity index (χ0n) is 5.93. The van der Waals surface area contributed by atoms with Crippen molar-refractivity contribution in [2.45, 2.75) is 4.21 Å². The summed E-state index contributed by atoms with van der Waals surface area (Å²) in [6.07, 6.45) is 0. The van der Waals surface area contributed by atoms with Crippen LogP contribution in [0.4, 0.5) is 5.69 Å². The van der Waals surface area contributed by atoms with Gasteiger partial charge in [0.2, 0.25) is 0 Å². The second-order valence-corrected chi connectivity index (χ2v) is 5.17. The van der Waals surface area contributed by atoms with Gasteiger partial charge in [-0.15, -0.1) is 11.3 Å². The Bertz CT molecular complexity index is 274. The van der Waals surface area contributed by atoms with Crippen molar-refractivity contribution < 1.29 is 0 Å². The Hall–Kier alpha value is 0.1000. The van der Waals surface area contributed by atoms with Crippen LogP contribution in [0.25, 0.3) is 0 Å². The van der Waals surface area contributed by atoms with E-state index in [0.29, 0.717) is 0 Å². The number of fused-ring (bicyclic) bond motifs is 1. The molecule has 0 saturated heterocycles. The number of hydrogen-bond acceptors (Lipinski definition) is 4. The molecule has 2 nitrogen and oxygen atoms in total. The molecule has 60 valence electrons. The molecule has 0 aromatic carbocycles. The van der Waals surface area contributed by atoms with Gasteiger partial charge in [0.25, 0.3) is 0 Å². The first-order valence-electron chi connectivity index (χ1n) is 3.17. The van der Waals surface area contributed by atoms with E-state index < -0.39 is 0 Å². The third kappa shape index (κ3) is 1.36. The van der Waals surface area contributed by atoms with Gasteiger partial charge in [0.1, 0.15) is 4.21 Å². The summed E-state index contributed by atoms with van der Waals surface area (Å²) in [6.45, 7) is 0.880. The molecule has 0 aliphatic carbocycles. The van der Waals surface area contributed by atoms with E-state index in [4.69, 9.17) is 11.6 Å². The van der Waals surface area contributed by atoms with Crippen molar-refractivity contribution in [1.82, 2.24) is 4.72 Å². The fourth-order valence-corrected chi connectivity index (χ4v) is 3.42. The monoisotopic (exact) mass is 206 g/mol. The van der Waals surface area contributed by atoms with E-state index in [-0.39, 0.29) is 0 Å². The molecule has 0 bridgehead atoms. The van der Waals surface area contributed by atoms with Crippen molar-refractivity contribution in [3.05, 3.63) is 10.4 Å². The van der Waals surface area contributed by atoms with Gasteiger partial charge in [0.05, 0.1) is 16.7 Å². The maximum Gasteiger partial charge on any atom is 0.100 e. The number of anilines is 1. The van der Waals surface area contributed by atoms with Crippen LogP contribution in [0.15, 0.2) is 10.3 Å². The van der Waals surface area contributed by atoms with Crippen LogP contribution in [0.3, 0.4) is 0 Å². The van der Waals surface area contributed by atoms with E-state index in [9.17, 15) is 0 Å². The molecular formula is C6H7ClN2S2. The molecule has 0 spiro atoms. The SMILES string of the molecule is CN1CNSc2sc(Cl)cc21. The van der Waals surface area contributed by atoms with E-state index in [0.717, 1.165) is 11.0 Å². The van der Waals surface area contributed by atoms with Gasteiger partial charge < -0.3 is 4.90 Å². The molecule has 0 saturated carbocycles. The molecule has 0 fully saturated rings. The van der Waals surface area contributed by atoms with E-state index in [2.05, 4.69) is 16.7 Å². The lowest BCUT2D eigenvalue weighted by molar-refractivity contribution is 0.860. The fourth-order valence-electron chi connectivity index (χ4n) is 0.956. The van der Waals surface area contributed by atoms with E-state index in [1.54, 1.807) is 23.3 Å². The van der Waals surface area contributed by atoms with Crippen molar-refractivity contribution in [3.63, 3.8) is 0 Å². The van der Waals surface area contributed by atoms with Gasteiger partial charge in [-0.05, 0) is 18.0 Å². The predicted molar refractivity (Wildman–Crippen MR) is 51.6 cm³/mol. The molecular weight excluding hydrogens is 200 g/mol. The predicted octanol–water partition coefficient (Wildman–Crippen LogP) is 2.41. The Morgan fingerprint density at radius 2 is 2.55 bits per heavy atom. The van der Waals surface area contributed by atoms with Crippen LogP contribution in [0.2, 0.25) is 4.34 Å². The fraction of sp³-hybridized carbons (Fsp3) is 0.333. The summed E-state index contributed by atoms with van der Waals surface area (Å²) in [5.41, 5.74) is 1.24. The molecule has 0 amide bonds. The smallest absolute Gasteiger partial charge is 0.100 e. The molecule has 2 rings (SSSR count). The molecule has 1 aliphatic rings. The Kier molecular flexibility index (Phi) is 2.01. The number of nitrogens with zero attached hydrogens (tertiary/aromatic N) is 1.